The van der Waals surface area contributed by atoms with Crippen LogP contribution in [-0.4, -0.2) is 29.8 Å². The summed E-state index contributed by atoms with van der Waals surface area (Å²) in [4.78, 5) is 24.9. The van der Waals surface area contributed by atoms with E-state index in [4.69, 9.17) is 18.2 Å². The molecule has 0 fully saturated rings. The zero-order valence-corrected chi connectivity index (χ0v) is 19.6. The minimum Gasteiger partial charge on any atom is -0.508 e. The Morgan fingerprint density at radius 1 is 1.15 bits per heavy atom. The van der Waals surface area contributed by atoms with Crippen molar-refractivity contribution >= 4 is 24.7 Å². The normalized spacial score (nSPS) is 14.1. The second-order valence-electron chi connectivity index (χ2n) is 7.53. The van der Waals surface area contributed by atoms with E-state index in [0.717, 1.165) is 0 Å². The first-order valence-electron chi connectivity index (χ1n) is 10.4. The summed E-state index contributed by atoms with van der Waals surface area (Å²) >= 11 is 0. The monoisotopic (exact) mass is 475 g/mol. The average molecular weight is 475 g/mol. The van der Waals surface area contributed by atoms with Gasteiger partial charge in [0.05, 0.1) is 23.7 Å². The Balaban J connectivity index is 1.81. The summed E-state index contributed by atoms with van der Waals surface area (Å²) in [5.74, 6) is -0.373. The number of benzene rings is 2. The van der Waals surface area contributed by atoms with Crippen LogP contribution < -0.4 is 15.0 Å². The molecule has 1 unspecified atom stereocenters. The van der Waals surface area contributed by atoms with Gasteiger partial charge in [-0.3, -0.25) is 14.1 Å². The van der Waals surface area contributed by atoms with Gasteiger partial charge < -0.3 is 18.8 Å². The van der Waals surface area contributed by atoms with Crippen molar-refractivity contribution in [3.05, 3.63) is 59.0 Å². The number of phenolic OH excluding ortho intramolecular Hbond substituents is 1. The number of hydrogen-bond acceptors (Lipinski definition) is 8. The SMILES string of the molecule is CCOP(=O)(N[C@@H](C)C(=O)OC(C)C)Oc1ccc(-c2coc3cc(O)ccc3c2=O)cc1. The zero-order chi connectivity index (χ0) is 24.2. The third-order valence-electron chi connectivity index (χ3n) is 4.51. The molecule has 3 rings (SSSR count). The third kappa shape index (κ3) is 6.01. The molecule has 0 aliphatic carbocycles. The summed E-state index contributed by atoms with van der Waals surface area (Å²) < 4.78 is 34.6. The predicted molar refractivity (Wildman–Crippen MR) is 123 cm³/mol. The van der Waals surface area contributed by atoms with Gasteiger partial charge in [0.25, 0.3) is 0 Å². The molecule has 2 N–H and O–H groups in total. The molecule has 1 heterocycles. The molecular weight excluding hydrogens is 449 g/mol. The summed E-state index contributed by atoms with van der Waals surface area (Å²) in [6.45, 7) is 6.66. The number of esters is 1. The van der Waals surface area contributed by atoms with Gasteiger partial charge in [-0.2, -0.15) is 5.09 Å². The van der Waals surface area contributed by atoms with Gasteiger partial charge >= 0.3 is 13.7 Å². The van der Waals surface area contributed by atoms with Gasteiger partial charge in [-0.1, -0.05) is 12.1 Å². The van der Waals surface area contributed by atoms with Crippen LogP contribution in [-0.2, 0) is 18.6 Å². The maximum atomic E-state index is 13.1. The van der Waals surface area contributed by atoms with Crippen LogP contribution in [0.1, 0.15) is 27.7 Å². The minimum absolute atomic E-state index is 0.000902. The lowest BCUT2D eigenvalue weighted by molar-refractivity contribution is -0.149. The summed E-state index contributed by atoms with van der Waals surface area (Å²) in [5, 5.41) is 12.5. The highest BCUT2D eigenvalue weighted by Crippen LogP contribution is 2.45. The van der Waals surface area contributed by atoms with Crippen molar-refractivity contribution in [1.29, 1.82) is 0 Å². The first kappa shape index (κ1) is 24.5. The first-order chi connectivity index (χ1) is 15.6. The van der Waals surface area contributed by atoms with Gasteiger partial charge in [-0.25, -0.2) is 4.57 Å². The number of carbonyl (C=O) groups is 1. The van der Waals surface area contributed by atoms with Gasteiger partial charge in [0, 0.05) is 6.07 Å². The van der Waals surface area contributed by atoms with Crippen molar-refractivity contribution in [2.45, 2.75) is 39.8 Å². The predicted octanol–water partition coefficient (Wildman–Crippen LogP) is 4.62. The number of phenols is 1. The number of carbonyl (C=O) groups excluding carboxylic acids is 1. The van der Waals surface area contributed by atoms with Gasteiger partial charge in [0.1, 0.15) is 29.4 Å². The number of hydrogen-bond donors (Lipinski definition) is 2. The Morgan fingerprint density at radius 3 is 2.48 bits per heavy atom. The molecule has 0 bridgehead atoms. The smallest absolute Gasteiger partial charge is 0.459 e. The van der Waals surface area contributed by atoms with Crippen LogP contribution in [0.2, 0.25) is 0 Å². The van der Waals surface area contributed by atoms with E-state index in [-0.39, 0.29) is 35.2 Å². The zero-order valence-electron chi connectivity index (χ0n) is 18.7. The topological polar surface area (TPSA) is 124 Å². The van der Waals surface area contributed by atoms with Crippen LogP contribution in [0.5, 0.6) is 11.5 Å². The van der Waals surface area contributed by atoms with Crippen molar-refractivity contribution in [3.8, 4) is 22.6 Å². The van der Waals surface area contributed by atoms with Crippen molar-refractivity contribution in [3.63, 3.8) is 0 Å². The third-order valence-corrected chi connectivity index (χ3v) is 6.26. The van der Waals surface area contributed by atoms with Crippen LogP contribution in [0, 0.1) is 0 Å². The molecule has 9 nitrogen and oxygen atoms in total. The fourth-order valence-corrected chi connectivity index (χ4v) is 4.53. The number of aromatic hydroxyl groups is 1. The van der Waals surface area contributed by atoms with Crippen molar-refractivity contribution in [1.82, 2.24) is 5.09 Å². The largest absolute Gasteiger partial charge is 0.508 e. The highest BCUT2D eigenvalue weighted by molar-refractivity contribution is 7.52. The summed E-state index contributed by atoms with van der Waals surface area (Å²) in [5.41, 5.74) is 0.886. The van der Waals surface area contributed by atoms with Gasteiger partial charge in [0.2, 0.25) is 0 Å². The Morgan fingerprint density at radius 2 is 1.85 bits per heavy atom. The molecule has 0 saturated heterocycles. The molecule has 176 valence electrons. The van der Waals surface area contributed by atoms with E-state index >= 15 is 0 Å². The van der Waals surface area contributed by atoms with Crippen LogP contribution in [0.4, 0.5) is 0 Å². The molecule has 0 radical (unpaired) electrons. The molecular formula is C23H26NO8P. The summed E-state index contributed by atoms with van der Waals surface area (Å²) in [6.07, 6.45) is 0.995. The van der Waals surface area contributed by atoms with Crippen molar-refractivity contribution in [2.75, 3.05) is 6.61 Å². The van der Waals surface area contributed by atoms with Crippen LogP contribution in [0.15, 0.2) is 57.9 Å². The van der Waals surface area contributed by atoms with Gasteiger partial charge in [-0.05, 0) is 57.5 Å². The van der Waals surface area contributed by atoms with E-state index in [1.165, 1.54) is 43.5 Å². The lowest BCUT2D eigenvalue weighted by Gasteiger charge is -2.23. The molecule has 2 atom stereocenters. The van der Waals surface area contributed by atoms with E-state index in [1.54, 1.807) is 32.9 Å². The number of ether oxygens (including phenoxy) is 1. The molecule has 1 aromatic heterocycles. The molecule has 0 saturated carbocycles. The number of rotatable bonds is 9. The molecule has 2 aromatic carbocycles. The maximum absolute atomic E-state index is 13.1. The fraction of sp³-hybridized carbons (Fsp3) is 0.304. The average Bonchev–Trinajstić information content (AvgIpc) is 2.74. The maximum Gasteiger partial charge on any atom is 0.459 e. The Labute approximate surface area is 190 Å². The Bertz CT molecular complexity index is 1240. The van der Waals surface area contributed by atoms with Crippen LogP contribution in [0.25, 0.3) is 22.1 Å². The summed E-state index contributed by atoms with van der Waals surface area (Å²) in [6, 6.07) is 9.63. The van der Waals surface area contributed by atoms with Gasteiger partial charge in [0.15, 0.2) is 5.43 Å². The number of fused-ring (bicyclic) bond motifs is 1. The fourth-order valence-electron chi connectivity index (χ4n) is 3.03. The highest BCUT2D eigenvalue weighted by atomic mass is 31.2. The van der Waals surface area contributed by atoms with E-state index in [1.807, 2.05) is 0 Å². The van der Waals surface area contributed by atoms with Crippen LogP contribution >= 0.6 is 7.75 Å². The van der Waals surface area contributed by atoms with Crippen LogP contribution in [0.3, 0.4) is 0 Å². The lowest BCUT2D eigenvalue weighted by atomic mass is 10.1. The van der Waals surface area contributed by atoms with Gasteiger partial charge in [-0.15, -0.1) is 0 Å². The Kier molecular flexibility index (Phi) is 7.58. The minimum atomic E-state index is -3.88. The molecule has 0 spiro atoms. The van der Waals surface area contributed by atoms with E-state index in [9.17, 15) is 19.3 Å². The quantitative estimate of drug-likeness (QED) is 0.337. The first-order valence-corrected chi connectivity index (χ1v) is 11.9. The lowest BCUT2D eigenvalue weighted by Crippen LogP contribution is -2.36. The number of nitrogens with one attached hydrogen (secondary N) is 1. The standard InChI is InChI=1S/C23H26NO8P/c1-5-30-33(28,24-15(4)23(27)31-14(2)3)32-18-9-6-16(7-10-18)20-13-29-21-12-17(25)8-11-19(21)22(20)26/h6-15,25H,5H2,1-4H3,(H,24,28)/t15-,33?/m0/s1. The molecule has 0 aliphatic rings. The molecule has 0 aliphatic heterocycles. The van der Waals surface area contributed by atoms with Crippen molar-refractivity contribution in [2.24, 2.45) is 0 Å². The van der Waals surface area contributed by atoms with E-state index in [2.05, 4.69) is 5.09 Å². The molecule has 0 amide bonds. The second kappa shape index (κ2) is 10.2. The summed E-state index contributed by atoms with van der Waals surface area (Å²) in [7, 11) is -3.88. The highest BCUT2D eigenvalue weighted by Gasteiger charge is 2.32. The molecule has 3 aromatic rings. The second-order valence-corrected chi connectivity index (χ2v) is 9.22. The van der Waals surface area contributed by atoms with E-state index in [0.29, 0.717) is 16.5 Å². The van der Waals surface area contributed by atoms with E-state index < -0.39 is 19.8 Å². The van der Waals surface area contributed by atoms with Crippen molar-refractivity contribution < 1.29 is 32.7 Å². The Hall–Kier alpha value is -3.13. The molecule has 33 heavy (non-hydrogen) atoms. The molecule has 10 heteroatoms.